The van der Waals surface area contributed by atoms with Crippen molar-refractivity contribution in [1.29, 1.82) is 0 Å². The van der Waals surface area contributed by atoms with Crippen molar-refractivity contribution >= 4 is 18.5 Å². The van der Waals surface area contributed by atoms with E-state index in [1.165, 1.54) is 0 Å². The molecule has 0 saturated carbocycles. The zero-order valence-electron chi connectivity index (χ0n) is 19.9. The molecule has 0 fully saturated rings. The summed E-state index contributed by atoms with van der Waals surface area (Å²) in [6, 6.07) is 15.5. The van der Waals surface area contributed by atoms with Gasteiger partial charge in [-0.25, -0.2) is 4.98 Å². The number of nitrogens with zero attached hydrogens (tertiary/aromatic N) is 2. The van der Waals surface area contributed by atoms with Gasteiger partial charge in [-0.3, -0.25) is 19.2 Å². The van der Waals surface area contributed by atoms with Gasteiger partial charge < -0.3 is 20.9 Å². The van der Waals surface area contributed by atoms with Gasteiger partial charge in [0.05, 0.1) is 5.70 Å². The molecule has 0 aliphatic carbocycles. The molecule has 1 aromatic heterocycles. The summed E-state index contributed by atoms with van der Waals surface area (Å²) in [5.74, 6) is -0.519. The van der Waals surface area contributed by atoms with E-state index in [2.05, 4.69) is 15.3 Å². The number of nitrogens with two attached hydrogens (primary N) is 1. The SMILES string of the molecule is Cc1nc(C(=O)NCc2ccc3c(c2)CN(/C(C=O)=C(\N)C=O)CC3)[nH]c(=O)c1Cc1ccccc1. The maximum absolute atomic E-state index is 12.7. The Hall–Kier alpha value is -4.53. The molecule has 36 heavy (non-hydrogen) atoms. The Morgan fingerprint density at radius 2 is 1.89 bits per heavy atom. The quantitative estimate of drug-likeness (QED) is 0.325. The molecule has 9 heteroatoms. The number of carbonyl (C=O) groups is 3. The summed E-state index contributed by atoms with van der Waals surface area (Å²) in [4.78, 5) is 56.5. The standard InChI is InChI=1S/C27H27N5O4/c1-17-22(12-18-5-3-2-4-6-18)26(35)31-25(30-17)27(36)29-13-19-7-8-20-9-10-32(14-21(20)11-19)24(16-34)23(28)15-33/h2-8,11,15-16H,9-10,12-14,28H2,1H3,(H,29,36)(H,30,31,35)/b24-23-. The number of amides is 1. The number of aldehydes is 2. The van der Waals surface area contributed by atoms with Crippen molar-refractivity contribution in [3.8, 4) is 0 Å². The summed E-state index contributed by atoms with van der Waals surface area (Å²) < 4.78 is 0. The van der Waals surface area contributed by atoms with Gasteiger partial charge in [-0.05, 0) is 35.6 Å². The minimum absolute atomic E-state index is 0.0384. The lowest BCUT2D eigenvalue weighted by Gasteiger charge is -2.31. The fourth-order valence-corrected chi connectivity index (χ4v) is 4.30. The van der Waals surface area contributed by atoms with Crippen molar-refractivity contribution in [3.63, 3.8) is 0 Å². The number of rotatable bonds is 8. The number of aryl methyl sites for hydroxylation is 1. The molecule has 3 aromatic rings. The Morgan fingerprint density at radius 1 is 1.11 bits per heavy atom. The number of benzene rings is 2. The molecule has 2 aromatic carbocycles. The van der Waals surface area contributed by atoms with Gasteiger partial charge in [0.15, 0.2) is 18.4 Å². The topological polar surface area (TPSA) is 138 Å². The van der Waals surface area contributed by atoms with Crippen molar-refractivity contribution in [2.24, 2.45) is 5.73 Å². The van der Waals surface area contributed by atoms with Crippen molar-refractivity contribution < 1.29 is 14.4 Å². The van der Waals surface area contributed by atoms with Gasteiger partial charge >= 0.3 is 0 Å². The summed E-state index contributed by atoms with van der Waals surface area (Å²) in [5.41, 5.74) is 10.4. The van der Waals surface area contributed by atoms with Crippen LogP contribution in [0.4, 0.5) is 0 Å². The third kappa shape index (κ3) is 5.41. The minimum atomic E-state index is -0.481. The fourth-order valence-electron chi connectivity index (χ4n) is 4.30. The van der Waals surface area contributed by atoms with E-state index >= 15 is 0 Å². The van der Waals surface area contributed by atoms with Crippen LogP contribution in [-0.2, 0) is 35.5 Å². The van der Waals surface area contributed by atoms with Crippen molar-refractivity contribution in [1.82, 2.24) is 20.2 Å². The van der Waals surface area contributed by atoms with Gasteiger partial charge in [0.25, 0.3) is 11.5 Å². The van der Waals surface area contributed by atoms with E-state index in [0.29, 0.717) is 49.8 Å². The van der Waals surface area contributed by atoms with Gasteiger partial charge in [0.2, 0.25) is 0 Å². The Morgan fingerprint density at radius 3 is 2.58 bits per heavy atom. The molecular formula is C27H27N5O4. The number of hydrogen-bond donors (Lipinski definition) is 3. The lowest BCUT2D eigenvalue weighted by Crippen LogP contribution is -2.33. The van der Waals surface area contributed by atoms with Crippen LogP contribution in [0, 0.1) is 6.92 Å². The van der Waals surface area contributed by atoms with Crippen LogP contribution in [0.3, 0.4) is 0 Å². The highest BCUT2D eigenvalue weighted by Gasteiger charge is 2.21. The van der Waals surface area contributed by atoms with E-state index in [4.69, 9.17) is 5.73 Å². The number of hydrogen-bond acceptors (Lipinski definition) is 7. The Labute approximate surface area is 208 Å². The van der Waals surface area contributed by atoms with Crippen molar-refractivity contribution in [2.75, 3.05) is 6.54 Å². The van der Waals surface area contributed by atoms with Gasteiger partial charge in [-0.15, -0.1) is 0 Å². The largest absolute Gasteiger partial charge is 0.394 e. The highest BCUT2D eigenvalue weighted by Crippen LogP contribution is 2.23. The molecule has 2 heterocycles. The van der Waals surface area contributed by atoms with Crippen molar-refractivity contribution in [3.05, 3.63) is 110 Å². The van der Waals surface area contributed by atoms with E-state index in [1.807, 2.05) is 48.5 Å². The minimum Gasteiger partial charge on any atom is -0.394 e. The first kappa shape index (κ1) is 24.6. The predicted molar refractivity (Wildman–Crippen MR) is 134 cm³/mol. The van der Waals surface area contributed by atoms with Crippen LogP contribution in [0.15, 0.2) is 64.7 Å². The maximum Gasteiger partial charge on any atom is 0.287 e. The molecular weight excluding hydrogens is 458 g/mol. The number of allylic oxidation sites excluding steroid dienone is 2. The molecule has 184 valence electrons. The van der Waals surface area contributed by atoms with Crippen LogP contribution in [0.25, 0.3) is 0 Å². The molecule has 1 aliphatic heterocycles. The van der Waals surface area contributed by atoms with Crippen LogP contribution >= 0.6 is 0 Å². The summed E-state index contributed by atoms with van der Waals surface area (Å²) in [6.45, 7) is 2.95. The molecule has 0 bridgehead atoms. The third-order valence-electron chi connectivity index (χ3n) is 6.27. The predicted octanol–water partition coefficient (Wildman–Crippen LogP) is 1.53. The summed E-state index contributed by atoms with van der Waals surface area (Å²) in [7, 11) is 0. The fraction of sp³-hybridized carbons (Fsp3) is 0.222. The highest BCUT2D eigenvalue weighted by molar-refractivity contribution is 5.90. The summed E-state index contributed by atoms with van der Waals surface area (Å²) in [5, 5.41) is 2.80. The number of aromatic nitrogens is 2. The smallest absolute Gasteiger partial charge is 0.287 e. The number of H-pyrrole nitrogens is 1. The lowest BCUT2D eigenvalue weighted by atomic mass is 9.97. The summed E-state index contributed by atoms with van der Waals surface area (Å²) in [6.07, 6.45) is 2.20. The number of carbonyl (C=O) groups excluding carboxylic acids is 3. The third-order valence-corrected chi connectivity index (χ3v) is 6.27. The zero-order chi connectivity index (χ0) is 25.7. The molecule has 4 N–H and O–H groups in total. The normalized spacial score (nSPS) is 13.4. The van der Waals surface area contributed by atoms with Crippen molar-refractivity contribution in [2.45, 2.75) is 32.9 Å². The molecule has 0 saturated heterocycles. The lowest BCUT2D eigenvalue weighted by molar-refractivity contribution is -0.108. The second-order valence-corrected chi connectivity index (χ2v) is 8.67. The maximum atomic E-state index is 12.7. The van der Waals surface area contributed by atoms with Crippen LogP contribution in [-0.4, -0.2) is 39.9 Å². The number of nitrogens with one attached hydrogen (secondary N) is 2. The van der Waals surface area contributed by atoms with Gasteiger partial charge in [0.1, 0.15) is 5.70 Å². The van der Waals surface area contributed by atoms with E-state index < -0.39 is 5.91 Å². The Balaban J connectivity index is 1.45. The molecule has 9 nitrogen and oxygen atoms in total. The summed E-state index contributed by atoms with van der Waals surface area (Å²) >= 11 is 0. The second-order valence-electron chi connectivity index (χ2n) is 8.67. The van der Waals surface area contributed by atoms with E-state index in [0.717, 1.165) is 22.3 Å². The first-order valence-electron chi connectivity index (χ1n) is 11.6. The number of aromatic amines is 1. The van der Waals surface area contributed by atoms with Gasteiger partial charge in [-0.1, -0.05) is 48.5 Å². The molecule has 0 radical (unpaired) electrons. The molecule has 0 spiro atoms. The average molecular weight is 486 g/mol. The molecule has 1 amide bonds. The van der Waals surface area contributed by atoms with E-state index in [1.54, 1.807) is 11.8 Å². The highest BCUT2D eigenvalue weighted by atomic mass is 16.2. The molecule has 0 atom stereocenters. The Kier molecular flexibility index (Phi) is 7.39. The Bertz CT molecular complexity index is 1400. The molecule has 4 rings (SSSR count). The first-order chi connectivity index (χ1) is 17.4. The van der Waals surface area contributed by atoms with Crippen LogP contribution in [0.1, 0.15) is 44.1 Å². The zero-order valence-corrected chi connectivity index (χ0v) is 19.9. The van der Waals surface area contributed by atoms with Crippen LogP contribution in [0.2, 0.25) is 0 Å². The van der Waals surface area contributed by atoms with E-state index in [9.17, 15) is 19.2 Å². The van der Waals surface area contributed by atoms with Gasteiger partial charge in [-0.2, -0.15) is 0 Å². The van der Waals surface area contributed by atoms with E-state index in [-0.39, 0.29) is 29.3 Å². The second kappa shape index (κ2) is 10.8. The van der Waals surface area contributed by atoms with Gasteiger partial charge in [0, 0.05) is 37.3 Å². The first-order valence-corrected chi connectivity index (χ1v) is 11.6. The van der Waals surface area contributed by atoms with Crippen LogP contribution in [0.5, 0.6) is 0 Å². The molecule has 1 aliphatic rings. The average Bonchev–Trinajstić information content (AvgIpc) is 2.89. The number of fused-ring (bicyclic) bond motifs is 1. The molecule has 0 unspecified atom stereocenters. The van der Waals surface area contributed by atoms with Crippen LogP contribution < -0.4 is 16.6 Å². The monoisotopic (exact) mass is 485 g/mol.